The number of carbonyl (C=O) groups excluding carboxylic acids is 5. The van der Waals surface area contributed by atoms with Crippen molar-refractivity contribution < 1.29 is 33.4 Å². The molecule has 0 aliphatic carbocycles. The van der Waals surface area contributed by atoms with Crippen molar-refractivity contribution in [2.75, 3.05) is 20.7 Å². The van der Waals surface area contributed by atoms with E-state index in [1.54, 1.807) is 32.8 Å². The van der Waals surface area contributed by atoms with Crippen LogP contribution in [0.15, 0.2) is 24.0 Å². The molecule has 1 rings (SSSR count). The van der Waals surface area contributed by atoms with Gasteiger partial charge in [0.1, 0.15) is 17.8 Å². The fourth-order valence-corrected chi connectivity index (χ4v) is 5.28. The van der Waals surface area contributed by atoms with Crippen LogP contribution in [-0.4, -0.2) is 90.4 Å². The molecule has 264 valence electrons. The number of carbonyl (C=O) groups is 5. The van der Waals surface area contributed by atoms with E-state index in [0.29, 0.717) is 31.6 Å². The average Bonchev–Trinajstić information content (AvgIpc) is 3.26. The van der Waals surface area contributed by atoms with E-state index < -0.39 is 59.9 Å². The molecule has 0 radical (unpaired) electrons. The Labute approximate surface area is 282 Å². The minimum Gasteiger partial charge on any atom is -0.496 e. The van der Waals surface area contributed by atoms with Crippen LogP contribution in [0.25, 0.3) is 0 Å². The topological polar surface area (TPSA) is 134 Å². The summed E-state index contributed by atoms with van der Waals surface area (Å²) in [4.78, 5) is 68.4. The summed E-state index contributed by atoms with van der Waals surface area (Å²) in [6.45, 7) is 15.5. The molecule has 0 saturated carbocycles. The standard InChI is InChI=1S/C36H58N4O7/c1-12-14-15-16-19-46-29-22-32(42)40(27(29)9)31(41)18-17-26(8)37-34(43)28(20-23(3)4)38-35(44)30(21-24(5)6)47-36(45)33(39(10)11)25(7)13-2/h1,17-18,22-28,30,33H,13-16,19-21H2,2-11H3,(H,37,43)(H,38,44)/b18-17+/t25-,26-,27+,28-,30-,33-/m0/s1. The average molecular weight is 659 g/mol. The van der Waals surface area contributed by atoms with Gasteiger partial charge in [0, 0.05) is 24.6 Å². The van der Waals surface area contributed by atoms with Crippen molar-refractivity contribution in [1.82, 2.24) is 20.4 Å². The van der Waals surface area contributed by atoms with Gasteiger partial charge in [0.05, 0.1) is 12.6 Å². The molecule has 0 saturated heterocycles. The monoisotopic (exact) mass is 658 g/mol. The molecular weight excluding hydrogens is 600 g/mol. The zero-order valence-corrected chi connectivity index (χ0v) is 30.1. The lowest BCUT2D eigenvalue weighted by atomic mass is 9.98. The van der Waals surface area contributed by atoms with E-state index in [0.717, 1.165) is 24.2 Å². The van der Waals surface area contributed by atoms with E-state index in [-0.39, 0.29) is 17.8 Å². The summed E-state index contributed by atoms with van der Waals surface area (Å²) >= 11 is 0. The van der Waals surface area contributed by atoms with E-state index >= 15 is 0 Å². The molecule has 1 heterocycles. The molecule has 11 heteroatoms. The van der Waals surface area contributed by atoms with Gasteiger partial charge < -0.3 is 20.1 Å². The molecule has 0 fully saturated rings. The lowest BCUT2D eigenvalue weighted by Gasteiger charge is -2.30. The normalized spacial score (nSPS) is 18.0. The van der Waals surface area contributed by atoms with E-state index in [1.807, 2.05) is 41.5 Å². The van der Waals surface area contributed by atoms with E-state index in [1.165, 1.54) is 18.2 Å². The number of terminal acetylenes is 1. The molecule has 11 nitrogen and oxygen atoms in total. The van der Waals surface area contributed by atoms with Crippen LogP contribution in [0.3, 0.4) is 0 Å². The van der Waals surface area contributed by atoms with Gasteiger partial charge in [0.25, 0.3) is 17.7 Å². The minimum absolute atomic E-state index is 0.0223. The van der Waals surface area contributed by atoms with Gasteiger partial charge in [-0.1, -0.05) is 54.0 Å². The van der Waals surface area contributed by atoms with Crippen LogP contribution in [0.4, 0.5) is 0 Å². The third-order valence-electron chi connectivity index (χ3n) is 7.98. The first-order valence-electron chi connectivity index (χ1n) is 16.8. The van der Waals surface area contributed by atoms with Crippen molar-refractivity contribution in [3.63, 3.8) is 0 Å². The second-order valence-electron chi connectivity index (χ2n) is 13.5. The summed E-state index contributed by atoms with van der Waals surface area (Å²) in [6, 6.07) is -2.56. The Morgan fingerprint density at radius 2 is 1.66 bits per heavy atom. The number of unbranched alkanes of at least 4 members (excludes halogenated alkanes) is 2. The van der Waals surface area contributed by atoms with Crippen molar-refractivity contribution in [3.05, 3.63) is 24.0 Å². The van der Waals surface area contributed by atoms with Gasteiger partial charge in [0.15, 0.2) is 6.10 Å². The number of imide groups is 1. The third-order valence-corrected chi connectivity index (χ3v) is 7.98. The predicted molar refractivity (Wildman–Crippen MR) is 182 cm³/mol. The maximum absolute atomic E-state index is 13.5. The number of rotatable bonds is 20. The molecule has 0 unspecified atom stereocenters. The molecule has 0 aromatic carbocycles. The quantitative estimate of drug-likeness (QED) is 0.0869. The van der Waals surface area contributed by atoms with Gasteiger partial charge in [-0.05, 0) is 71.4 Å². The Kier molecular flexibility index (Phi) is 18.1. The second-order valence-corrected chi connectivity index (χ2v) is 13.5. The Morgan fingerprint density at radius 1 is 1.02 bits per heavy atom. The van der Waals surface area contributed by atoms with Gasteiger partial charge in [-0.3, -0.25) is 33.8 Å². The number of likely N-dealkylation sites (N-methyl/N-ethyl adjacent to an activating group) is 1. The largest absolute Gasteiger partial charge is 0.496 e. The van der Waals surface area contributed by atoms with Crippen molar-refractivity contribution in [3.8, 4) is 12.3 Å². The number of esters is 1. The highest BCUT2D eigenvalue weighted by Crippen LogP contribution is 2.22. The molecule has 1 aliphatic heterocycles. The molecule has 0 aromatic heterocycles. The van der Waals surface area contributed by atoms with Crippen molar-refractivity contribution in [1.29, 1.82) is 0 Å². The number of nitrogens with zero attached hydrogens (tertiary/aromatic N) is 2. The number of hydrogen-bond acceptors (Lipinski definition) is 8. The van der Waals surface area contributed by atoms with Gasteiger partial charge in [-0.25, -0.2) is 0 Å². The van der Waals surface area contributed by atoms with E-state index in [2.05, 4.69) is 16.6 Å². The van der Waals surface area contributed by atoms with Crippen LogP contribution < -0.4 is 10.6 Å². The molecule has 47 heavy (non-hydrogen) atoms. The van der Waals surface area contributed by atoms with Crippen LogP contribution in [0.1, 0.15) is 93.9 Å². The molecule has 0 bridgehead atoms. The first-order valence-corrected chi connectivity index (χ1v) is 16.8. The number of hydrogen-bond donors (Lipinski definition) is 2. The van der Waals surface area contributed by atoms with Gasteiger partial charge >= 0.3 is 5.97 Å². The maximum atomic E-state index is 13.5. The van der Waals surface area contributed by atoms with Crippen molar-refractivity contribution in [2.45, 2.75) is 124 Å². The molecule has 4 amide bonds. The van der Waals surface area contributed by atoms with Crippen LogP contribution >= 0.6 is 0 Å². The molecule has 0 aromatic rings. The number of amides is 4. The summed E-state index contributed by atoms with van der Waals surface area (Å²) < 4.78 is 11.5. The minimum atomic E-state index is -1.06. The zero-order chi connectivity index (χ0) is 35.8. The lowest BCUT2D eigenvalue weighted by Crippen LogP contribution is -2.53. The summed E-state index contributed by atoms with van der Waals surface area (Å²) in [5.74, 6) is 0.684. The highest BCUT2D eigenvalue weighted by atomic mass is 16.5. The third kappa shape index (κ3) is 13.9. The Balaban J connectivity index is 2.92. The summed E-state index contributed by atoms with van der Waals surface area (Å²) in [6.07, 6.45) is 11.9. The highest BCUT2D eigenvalue weighted by molar-refractivity contribution is 6.07. The van der Waals surface area contributed by atoms with Gasteiger partial charge in [-0.15, -0.1) is 12.3 Å². The van der Waals surface area contributed by atoms with Gasteiger partial charge in [-0.2, -0.15) is 0 Å². The first kappa shape index (κ1) is 41.4. The van der Waals surface area contributed by atoms with E-state index in [4.69, 9.17) is 15.9 Å². The summed E-state index contributed by atoms with van der Waals surface area (Å²) in [5.41, 5.74) is 0. The van der Waals surface area contributed by atoms with Crippen LogP contribution in [0.2, 0.25) is 0 Å². The van der Waals surface area contributed by atoms with Crippen LogP contribution in [-0.2, 0) is 33.4 Å². The fourth-order valence-electron chi connectivity index (χ4n) is 5.28. The zero-order valence-electron chi connectivity index (χ0n) is 30.1. The lowest BCUT2D eigenvalue weighted by molar-refractivity contribution is -0.163. The van der Waals surface area contributed by atoms with Crippen LogP contribution in [0.5, 0.6) is 0 Å². The highest BCUT2D eigenvalue weighted by Gasteiger charge is 2.36. The van der Waals surface area contributed by atoms with Crippen molar-refractivity contribution in [2.24, 2.45) is 17.8 Å². The first-order chi connectivity index (χ1) is 22.0. The summed E-state index contributed by atoms with van der Waals surface area (Å²) in [5, 5.41) is 5.64. The molecule has 1 aliphatic rings. The Bertz CT molecular complexity index is 1170. The number of nitrogens with one attached hydrogen (secondary N) is 2. The molecule has 6 atom stereocenters. The summed E-state index contributed by atoms with van der Waals surface area (Å²) in [7, 11) is 3.61. The Hall–Kier alpha value is -3.65. The second kappa shape index (κ2) is 20.6. The smallest absolute Gasteiger partial charge is 0.324 e. The maximum Gasteiger partial charge on any atom is 0.324 e. The number of ether oxygens (including phenoxy) is 2. The Morgan fingerprint density at radius 3 is 2.21 bits per heavy atom. The van der Waals surface area contributed by atoms with Crippen molar-refractivity contribution >= 4 is 29.6 Å². The molecular formula is C36H58N4O7. The SMILES string of the molecule is C#CCCCCOC1=CC(=O)N(C(=O)/C=C/[C@H](C)NC(=O)[C@H](CC(C)C)NC(=O)[C@H](CC(C)C)OC(=O)[C@H]([C@@H](C)CC)N(C)C)[C@@H]1C. The fraction of sp³-hybridized carbons (Fsp3) is 0.694. The van der Waals surface area contributed by atoms with Crippen LogP contribution in [0, 0.1) is 30.1 Å². The van der Waals surface area contributed by atoms with Gasteiger partial charge in [0.2, 0.25) is 5.91 Å². The predicted octanol–water partition coefficient (Wildman–Crippen LogP) is 3.97. The molecule has 2 N–H and O–H groups in total. The molecule has 0 spiro atoms. The van der Waals surface area contributed by atoms with E-state index in [9.17, 15) is 24.0 Å².